The molecule has 11 heteroatoms. The molecule has 1 fully saturated rings. The fourth-order valence-electron chi connectivity index (χ4n) is 5.58. The molecule has 0 spiro atoms. The monoisotopic (exact) mass is 478 g/mol. The maximum atomic E-state index is 13.7. The Hall–Kier alpha value is -2.92. The van der Waals surface area contributed by atoms with Gasteiger partial charge in [0.2, 0.25) is 5.78 Å². The number of amides is 1. The fraction of sp³-hybridized carbons (Fsp3) is 0.409. The number of likely N-dealkylation sites (N-methyl/N-ethyl adjacent to an activating group) is 1. The minimum Gasteiger partial charge on any atom is -0.508 e. The lowest BCUT2D eigenvalue weighted by atomic mass is 9.54. The largest absolute Gasteiger partial charge is 0.508 e. The molecular weight excluding hydrogens is 456 g/mol. The molecule has 0 bridgehead atoms. The van der Waals surface area contributed by atoms with Gasteiger partial charge in [0.15, 0.2) is 11.4 Å². The van der Waals surface area contributed by atoms with Crippen LogP contribution in [-0.4, -0.2) is 73.6 Å². The van der Waals surface area contributed by atoms with Gasteiger partial charge in [-0.25, -0.2) is 0 Å². The lowest BCUT2D eigenvalue weighted by molar-refractivity contribution is -0.159. The maximum Gasteiger partial charge on any atom is 0.255 e. The summed E-state index contributed by atoms with van der Waals surface area (Å²) in [6.07, 6.45) is -0.259. The summed E-state index contributed by atoms with van der Waals surface area (Å²) in [5.41, 5.74) is -1.10. The number of carbonyl (C=O) groups is 3. The van der Waals surface area contributed by atoms with E-state index in [2.05, 4.69) is 0 Å². The number of rotatable bonds is 2. The number of aromatic hydroxyl groups is 1. The molecule has 3 aliphatic rings. The number of halogens is 1. The first-order valence-electron chi connectivity index (χ1n) is 10.1. The van der Waals surface area contributed by atoms with Gasteiger partial charge < -0.3 is 31.3 Å². The molecule has 5 atom stereocenters. The number of benzene rings is 1. The summed E-state index contributed by atoms with van der Waals surface area (Å²) in [5, 5.41) is 55.2. The number of primary amides is 1. The Morgan fingerprint density at radius 1 is 1.18 bits per heavy atom. The topological polar surface area (TPSA) is 182 Å². The van der Waals surface area contributed by atoms with Crippen molar-refractivity contribution in [3.8, 4) is 5.75 Å². The summed E-state index contributed by atoms with van der Waals surface area (Å²) in [6, 6.07) is 1.24. The van der Waals surface area contributed by atoms with Crippen LogP contribution in [-0.2, 0) is 20.0 Å². The normalized spacial score (nSPS) is 33.7. The van der Waals surface area contributed by atoms with Crippen LogP contribution >= 0.6 is 11.6 Å². The van der Waals surface area contributed by atoms with Crippen molar-refractivity contribution in [3.63, 3.8) is 0 Å². The number of aliphatic hydroxyl groups excluding tert-OH is 2. The van der Waals surface area contributed by atoms with E-state index in [0.717, 1.165) is 0 Å². The molecule has 7 N–H and O–H groups in total. The average Bonchev–Trinajstić information content (AvgIpc) is 2.69. The molecule has 0 heterocycles. The van der Waals surface area contributed by atoms with Gasteiger partial charge >= 0.3 is 0 Å². The Labute approximate surface area is 193 Å². The molecule has 1 amide bonds. The first-order valence-corrected chi connectivity index (χ1v) is 10.5. The van der Waals surface area contributed by atoms with E-state index in [9.17, 15) is 39.9 Å². The lowest BCUT2D eigenvalue weighted by Crippen LogP contribution is -2.67. The predicted octanol–water partition coefficient (Wildman–Crippen LogP) is 0.282. The average molecular weight is 479 g/mol. The van der Waals surface area contributed by atoms with Crippen molar-refractivity contribution < 1.29 is 39.9 Å². The Bertz CT molecular complexity index is 1200. The Kier molecular flexibility index (Phi) is 4.96. The molecular formula is C22H23ClN2O8. The second-order valence-corrected chi connectivity index (χ2v) is 9.48. The summed E-state index contributed by atoms with van der Waals surface area (Å²) in [5.74, 6) is -8.30. The number of carbonyl (C=O) groups excluding carboxylic acids is 3. The van der Waals surface area contributed by atoms with Crippen molar-refractivity contribution in [1.29, 1.82) is 0 Å². The minimum atomic E-state index is -2.78. The maximum absolute atomic E-state index is 13.7. The molecule has 10 nitrogen and oxygen atoms in total. The number of hydrogen-bond donors (Lipinski definition) is 6. The van der Waals surface area contributed by atoms with Crippen LogP contribution in [0.5, 0.6) is 5.75 Å². The minimum absolute atomic E-state index is 0.0187. The van der Waals surface area contributed by atoms with E-state index in [1.807, 2.05) is 0 Å². The highest BCUT2D eigenvalue weighted by atomic mass is 35.5. The van der Waals surface area contributed by atoms with Gasteiger partial charge in [0, 0.05) is 28.0 Å². The van der Waals surface area contributed by atoms with Crippen LogP contribution in [0.15, 0.2) is 29.0 Å². The molecule has 0 radical (unpaired) electrons. The van der Waals surface area contributed by atoms with Crippen LogP contribution in [0.4, 0.5) is 0 Å². The van der Waals surface area contributed by atoms with Crippen LogP contribution < -0.4 is 5.73 Å². The van der Waals surface area contributed by atoms with Crippen molar-refractivity contribution in [2.75, 3.05) is 14.1 Å². The number of nitrogens with zero attached hydrogens (tertiary/aromatic N) is 1. The first-order chi connectivity index (χ1) is 15.2. The fourth-order valence-corrected chi connectivity index (χ4v) is 5.93. The van der Waals surface area contributed by atoms with Crippen LogP contribution in [0.1, 0.15) is 24.5 Å². The third-order valence-corrected chi connectivity index (χ3v) is 7.39. The molecule has 0 aliphatic heterocycles. The van der Waals surface area contributed by atoms with E-state index in [4.69, 9.17) is 17.3 Å². The van der Waals surface area contributed by atoms with Gasteiger partial charge in [-0.2, -0.15) is 0 Å². The van der Waals surface area contributed by atoms with E-state index in [-0.39, 0.29) is 22.6 Å². The first kappa shape index (κ1) is 23.2. The molecule has 0 saturated heterocycles. The quantitative estimate of drug-likeness (QED) is 0.325. The Morgan fingerprint density at radius 2 is 1.79 bits per heavy atom. The Balaban J connectivity index is 2.07. The SMILES string of the molecule is CN(C)[C@@H]1C(=O)C(C(N)=O)=C(O)[C@]2(O)C(=O)C3=C(O)c4c(O)ccc(Cl)c4[C@@](C)(O)[C@@H]3C[C@@H]12. The van der Waals surface area contributed by atoms with Crippen LogP contribution in [0.2, 0.25) is 5.02 Å². The second-order valence-electron chi connectivity index (χ2n) is 9.08. The van der Waals surface area contributed by atoms with Crippen LogP contribution in [0.3, 0.4) is 0 Å². The van der Waals surface area contributed by atoms with Crippen molar-refractivity contribution >= 4 is 34.8 Å². The number of ketones is 2. The summed E-state index contributed by atoms with van der Waals surface area (Å²) in [6.45, 7) is 1.34. The zero-order valence-electron chi connectivity index (χ0n) is 18.0. The molecule has 0 unspecified atom stereocenters. The van der Waals surface area contributed by atoms with Crippen molar-refractivity contribution in [1.82, 2.24) is 4.90 Å². The van der Waals surface area contributed by atoms with Gasteiger partial charge in [-0.1, -0.05) is 11.6 Å². The van der Waals surface area contributed by atoms with Gasteiger partial charge in [0.05, 0.1) is 17.2 Å². The summed E-state index contributed by atoms with van der Waals surface area (Å²) < 4.78 is 0. The molecule has 0 aromatic heterocycles. The highest BCUT2D eigenvalue weighted by molar-refractivity contribution is 6.32. The van der Waals surface area contributed by atoms with Crippen LogP contribution in [0, 0.1) is 11.8 Å². The number of phenols is 1. The summed E-state index contributed by atoms with van der Waals surface area (Å²) >= 11 is 6.28. The summed E-state index contributed by atoms with van der Waals surface area (Å²) in [7, 11) is 2.97. The second kappa shape index (κ2) is 7.04. The van der Waals surface area contributed by atoms with Gasteiger partial charge in [0.25, 0.3) is 5.91 Å². The number of phenolic OH excluding ortho intramolecular Hbond substituents is 1. The van der Waals surface area contributed by atoms with E-state index in [1.54, 1.807) is 0 Å². The van der Waals surface area contributed by atoms with E-state index >= 15 is 0 Å². The van der Waals surface area contributed by atoms with Gasteiger partial charge in [-0.05, 0) is 39.6 Å². The molecule has 176 valence electrons. The van der Waals surface area contributed by atoms with E-state index in [0.29, 0.717) is 0 Å². The van der Waals surface area contributed by atoms with Crippen molar-refractivity contribution in [3.05, 3.63) is 45.2 Å². The summed E-state index contributed by atoms with van der Waals surface area (Å²) in [4.78, 5) is 40.1. The zero-order valence-corrected chi connectivity index (χ0v) is 18.7. The van der Waals surface area contributed by atoms with Gasteiger partial charge in [0.1, 0.15) is 22.8 Å². The van der Waals surface area contributed by atoms with E-state index in [1.165, 1.54) is 38.1 Å². The zero-order chi connectivity index (χ0) is 24.8. The van der Waals surface area contributed by atoms with E-state index < -0.39 is 75.0 Å². The highest BCUT2D eigenvalue weighted by Crippen LogP contribution is 2.58. The number of Topliss-reactive ketones (excluding diaryl/α,β-unsaturated/α-hetero) is 2. The van der Waals surface area contributed by atoms with Gasteiger partial charge in [-0.15, -0.1) is 0 Å². The Morgan fingerprint density at radius 3 is 2.33 bits per heavy atom. The molecule has 33 heavy (non-hydrogen) atoms. The standard InChI is InChI=1S/C22H23ClN2O8/c1-21(32)7-6-8-15(25(2)3)17(28)13(20(24)31)19(30)22(8,33)18(29)11(7)16(27)12-10(26)5-4-9(23)14(12)21/h4-5,7-8,15,26-27,30,32-33H,6H2,1-3H3,(H2,24,31)/t7-,8+,15+,21+,22-/m1/s1. The third-order valence-electron chi connectivity index (χ3n) is 7.07. The molecule has 3 aliphatic carbocycles. The molecule has 1 saturated carbocycles. The lowest BCUT2D eigenvalue weighted by Gasteiger charge is -2.53. The highest BCUT2D eigenvalue weighted by Gasteiger charge is 2.66. The number of nitrogens with two attached hydrogens (primary N) is 1. The van der Waals surface area contributed by atoms with Crippen molar-refractivity contribution in [2.45, 2.75) is 30.6 Å². The molecule has 1 aromatic carbocycles. The van der Waals surface area contributed by atoms with Gasteiger partial charge in [-0.3, -0.25) is 19.3 Å². The van der Waals surface area contributed by atoms with Crippen molar-refractivity contribution in [2.24, 2.45) is 17.6 Å². The van der Waals surface area contributed by atoms with Crippen LogP contribution in [0.25, 0.3) is 5.76 Å². The number of fused-ring (bicyclic) bond motifs is 3. The molecule has 1 aromatic rings. The predicted molar refractivity (Wildman–Crippen MR) is 115 cm³/mol. The third kappa shape index (κ3) is 2.75. The smallest absolute Gasteiger partial charge is 0.255 e. The number of hydrogen-bond acceptors (Lipinski definition) is 9. The number of aliphatic hydroxyl groups is 4. The molecule has 4 rings (SSSR count).